The van der Waals surface area contributed by atoms with Gasteiger partial charge in [0.05, 0.1) is 29.0 Å². The molecule has 170 valence electrons. The van der Waals surface area contributed by atoms with Crippen LogP contribution in [0.2, 0.25) is 5.02 Å². The highest BCUT2D eigenvalue weighted by molar-refractivity contribution is 6.33. The molecule has 0 atom stereocenters. The summed E-state index contributed by atoms with van der Waals surface area (Å²) in [6, 6.07) is 18.0. The molecule has 7 heteroatoms. The number of benzene rings is 2. The number of methoxy groups -OCH3 is 1. The summed E-state index contributed by atoms with van der Waals surface area (Å²) >= 11 is 6.21. The van der Waals surface area contributed by atoms with Crippen molar-refractivity contribution in [3.05, 3.63) is 88.2 Å². The number of aromatic nitrogens is 1. The van der Waals surface area contributed by atoms with Crippen LogP contribution in [0, 0.1) is 6.92 Å². The molecule has 33 heavy (non-hydrogen) atoms. The van der Waals surface area contributed by atoms with E-state index in [1.54, 1.807) is 43.5 Å². The van der Waals surface area contributed by atoms with Gasteiger partial charge >= 0.3 is 0 Å². The van der Waals surface area contributed by atoms with Crippen molar-refractivity contribution < 1.29 is 14.3 Å². The Labute approximate surface area is 198 Å². The van der Waals surface area contributed by atoms with Gasteiger partial charge in [-0.15, -0.1) is 0 Å². The molecule has 0 unspecified atom stereocenters. The van der Waals surface area contributed by atoms with Crippen LogP contribution in [0.1, 0.15) is 50.9 Å². The molecule has 0 saturated carbocycles. The topological polar surface area (TPSA) is 71.5 Å². The average Bonchev–Trinajstić information content (AvgIpc) is 2.84. The van der Waals surface area contributed by atoms with Crippen molar-refractivity contribution in [1.82, 2.24) is 9.88 Å². The predicted octanol–water partition coefficient (Wildman–Crippen LogP) is 5.32. The van der Waals surface area contributed by atoms with Crippen LogP contribution in [-0.2, 0) is 0 Å². The number of rotatable bonds is 5. The SMILES string of the molecule is COc1ccc(NC(=O)c2ccc(C)nc2C2CCN(C(=O)c3ccccc3Cl)CC2)cc1. The Morgan fingerprint density at radius 2 is 1.70 bits per heavy atom. The van der Waals surface area contributed by atoms with Crippen LogP contribution in [0.3, 0.4) is 0 Å². The van der Waals surface area contributed by atoms with Crippen molar-refractivity contribution in [3.63, 3.8) is 0 Å². The number of hydrogen-bond acceptors (Lipinski definition) is 4. The number of piperidine rings is 1. The largest absolute Gasteiger partial charge is 0.497 e. The summed E-state index contributed by atoms with van der Waals surface area (Å²) < 4.78 is 5.17. The van der Waals surface area contributed by atoms with Gasteiger partial charge in [0.1, 0.15) is 5.75 Å². The first-order valence-corrected chi connectivity index (χ1v) is 11.3. The quantitative estimate of drug-likeness (QED) is 0.555. The van der Waals surface area contributed by atoms with E-state index in [4.69, 9.17) is 21.3 Å². The number of carbonyl (C=O) groups is 2. The van der Waals surface area contributed by atoms with Crippen molar-refractivity contribution in [2.75, 3.05) is 25.5 Å². The number of likely N-dealkylation sites (tertiary alicyclic amines) is 1. The molecule has 0 bridgehead atoms. The molecular formula is C26H26ClN3O3. The van der Waals surface area contributed by atoms with E-state index in [9.17, 15) is 9.59 Å². The molecule has 2 heterocycles. The first-order valence-electron chi connectivity index (χ1n) is 10.9. The zero-order valence-electron chi connectivity index (χ0n) is 18.7. The van der Waals surface area contributed by atoms with Crippen LogP contribution >= 0.6 is 11.6 Å². The van der Waals surface area contributed by atoms with E-state index in [1.807, 2.05) is 36.1 Å². The highest BCUT2D eigenvalue weighted by atomic mass is 35.5. The molecule has 1 aliphatic rings. The van der Waals surface area contributed by atoms with Crippen molar-refractivity contribution >= 4 is 29.1 Å². The molecular weight excluding hydrogens is 438 g/mol. The minimum Gasteiger partial charge on any atom is -0.497 e. The molecule has 3 aromatic rings. The lowest BCUT2D eigenvalue weighted by Crippen LogP contribution is -2.38. The van der Waals surface area contributed by atoms with Crippen LogP contribution in [0.4, 0.5) is 5.69 Å². The molecule has 0 spiro atoms. The van der Waals surface area contributed by atoms with Crippen molar-refractivity contribution in [2.45, 2.75) is 25.7 Å². The highest BCUT2D eigenvalue weighted by Gasteiger charge is 2.29. The monoisotopic (exact) mass is 463 g/mol. The lowest BCUT2D eigenvalue weighted by atomic mass is 9.89. The smallest absolute Gasteiger partial charge is 0.257 e. The van der Waals surface area contributed by atoms with E-state index in [0.717, 1.165) is 30.0 Å². The molecule has 0 radical (unpaired) electrons. The van der Waals surface area contributed by atoms with Gasteiger partial charge in [-0.2, -0.15) is 0 Å². The van der Waals surface area contributed by atoms with Crippen molar-refractivity contribution in [2.24, 2.45) is 0 Å². The number of pyridine rings is 1. The second-order valence-electron chi connectivity index (χ2n) is 8.11. The standard InChI is InChI=1S/C26H26ClN3O3/c1-17-7-12-22(25(31)29-19-8-10-20(33-2)11-9-19)24(28-17)18-13-15-30(16-14-18)26(32)21-5-3-4-6-23(21)27/h3-12,18H,13-16H2,1-2H3,(H,29,31). The first kappa shape index (κ1) is 22.8. The molecule has 1 fully saturated rings. The summed E-state index contributed by atoms with van der Waals surface area (Å²) in [4.78, 5) is 32.5. The molecule has 2 aromatic carbocycles. The van der Waals surface area contributed by atoms with Gasteiger partial charge in [-0.25, -0.2) is 0 Å². The number of nitrogens with zero attached hydrogens (tertiary/aromatic N) is 2. The molecule has 1 aliphatic heterocycles. The summed E-state index contributed by atoms with van der Waals surface area (Å²) in [5.74, 6) is 0.562. The fourth-order valence-electron chi connectivity index (χ4n) is 4.11. The predicted molar refractivity (Wildman–Crippen MR) is 129 cm³/mol. The number of ether oxygens (including phenoxy) is 1. The van der Waals surface area contributed by atoms with E-state index < -0.39 is 0 Å². The first-order chi connectivity index (χ1) is 16.0. The van der Waals surface area contributed by atoms with Gasteiger partial charge in [0.2, 0.25) is 0 Å². The van der Waals surface area contributed by atoms with Crippen LogP contribution < -0.4 is 10.1 Å². The lowest BCUT2D eigenvalue weighted by Gasteiger charge is -2.32. The molecule has 1 N–H and O–H groups in total. The second kappa shape index (κ2) is 10.0. The van der Waals surface area contributed by atoms with E-state index in [1.165, 1.54) is 0 Å². The molecule has 4 rings (SSSR count). The maximum Gasteiger partial charge on any atom is 0.257 e. The lowest BCUT2D eigenvalue weighted by molar-refractivity contribution is 0.0711. The Bertz CT molecular complexity index is 1160. The van der Waals surface area contributed by atoms with Crippen molar-refractivity contribution in [3.8, 4) is 5.75 Å². The summed E-state index contributed by atoms with van der Waals surface area (Å²) in [5.41, 5.74) is 3.41. The van der Waals surface area contributed by atoms with Gasteiger partial charge in [-0.3, -0.25) is 14.6 Å². The zero-order valence-corrected chi connectivity index (χ0v) is 19.4. The van der Waals surface area contributed by atoms with Crippen LogP contribution in [0.25, 0.3) is 0 Å². The molecule has 1 aromatic heterocycles. The Morgan fingerprint density at radius 1 is 1.00 bits per heavy atom. The van der Waals surface area contributed by atoms with E-state index in [0.29, 0.717) is 34.9 Å². The molecule has 2 amide bonds. The van der Waals surface area contributed by atoms with E-state index in [-0.39, 0.29) is 17.7 Å². The van der Waals surface area contributed by atoms with E-state index in [2.05, 4.69) is 5.32 Å². The maximum atomic E-state index is 13.1. The fraction of sp³-hybridized carbons (Fsp3) is 0.269. The van der Waals surface area contributed by atoms with Crippen LogP contribution in [0.15, 0.2) is 60.7 Å². The van der Waals surface area contributed by atoms with Crippen molar-refractivity contribution in [1.29, 1.82) is 0 Å². The van der Waals surface area contributed by atoms with Gasteiger partial charge in [-0.1, -0.05) is 23.7 Å². The number of halogens is 1. The van der Waals surface area contributed by atoms with Gasteiger partial charge in [0.25, 0.3) is 11.8 Å². The summed E-state index contributed by atoms with van der Waals surface area (Å²) in [7, 11) is 1.60. The maximum absolute atomic E-state index is 13.1. The van der Waals surface area contributed by atoms with Gasteiger partial charge in [0, 0.05) is 30.4 Å². The third-order valence-electron chi connectivity index (χ3n) is 5.93. The Hall–Kier alpha value is -3.38. The average molecular weight is 464 g/mol. The third kappa shape index (κ3) is 5.17. The summed E-state index contributed by atoms with van der Waals surface area (Å²) in [6.45, 7) is 3.10. The molecule has 6 nitrogen and oxygen atoms in total. The zero-order chi connectivity index (χ0) is 23.4. The highest BCUT2D eigenvalue weighted by Crippen LogP contribution is 2.31. The number of hydrogen-bond donors (Lipinski definition) is 1. The number of anilines is 1. The second-order valence-corrected chi connectivity index (χ2v) is 8.52. The Morgan fingerprint density at radius 3 is 2.36 bits per heavy atom. The van der Waals surface area contributed by atoms with Crippen LogP contribution in [0.5, 0.6) is 5.75 Å². The summed E-state index contributed by atoms with van der Waals surface area (Å²) in [5, 5.41) is 3.41. The van der Waals surface area contributed by atoms with Crippen LogP contribution in [-0.4, -0.2) is 41.9 Å². The van der Waals surface area contributed by atoms with Gasteiger partial charge in [0.15, 0.2) is 0 Å². The Kier molecular flexibility index (Phi) is 6.94. The molecule has 0 aliphatic carbocycles. The Balaban J connectivity index is 1.48. The van der Waals surface area contributed by atoms with Gasteiger partial charge in [-0.05, 0) is 68.3 Å². The molecule has 1 saturated heterocycles. The number of nitrogens with one attached hydrogen (secondary N) is 1. The summed E-state index contributed by atoms with van der Waals surface area (Å²) in [6.07, 6.45) is 1.46. The number of carbonyl (C=O) groups excluding carboxylic acids is 2. The fourth-order valence-corrected chi connectivity index (χ4v) is 4.33. The third-order valence-corrected chi connectivity index (χ3v) is 6.26. The van der Waals surface area contributed by atoms with Gasteiger partial charge < -0.3 is 15.0 Å². The number of aryl methyl sites for hydroxylation is 1. The minimum atomic E-state index is -0.197. The normalized spacial score (nSPS) is 14.1. The number of amides is 2. The van der Waals surface area contributed by atoms with E-state index >= 15 is 0 Å². The minimum absolute atomic E-state index is 0.0614.